The summed E-state index contributed by atoms with van der Waals surface area (Å²) in [6.45, 7) is 4.47. The molecule has 0 atom stereocenters. The minimum atomic E-state index is -0.710. The molecule has 1 aromatic heterocycles. The molecule has 10 rings (SSSR count). The van der Waals surface area contributed by atoms with E-state index in [-0.39, 0.29) is 33.8 Å². The Hall–Kier alpha value is -6.64. The standard InChI is InChI=1S/C51H36N2/c1-51(2)45-23-13-22-43(49(45)44-30-37-18-9-10-19-38(37)31-46(44)51)41-28-29-42(40-21-12-11-20-39(40)41)48-32-47(52-50(53-48)36-16-7-4-8-17-36)35-26-24-34(25-27-35)33-14-5-3-6-15-33/h3-32H,1-2H3/i3D,4D,5D,6D,7D,8D,14D,15D,16D,17D,24D,25D,26D,27D. The van der Waals surface area contributed by atoms with E-state index in [2.05, 4.69) is 61.3 Å². The number of nitrogens with zero attached hydrogens (tertiary/aromatic N) is 2. The second-order valence-corrected chi connectivity index (χ2v) is 13.5. The molecule has 1 aliphatic carbocycles. The van der Waals surface area contributed by atoms with Crippen LogP contribution in [0.1, 0.15) is 44.2 Å². The summed E-state index contributed by atoms with van der Waals surface area (Å²) in [6.07, 6.45) is 0. The third-order valence-corrected chi connectivity index (χ3v) is 10.1. The zero-order valence-electron chi connectivity index (χ0n) is 42.6. The minimum absolute atomic E-state index is 0.178. The summed E-state index contributed by atoms with van der Waals surface area (Å²) in [4.78, 5) is 9.45. The molecule has 0 fully saturated rings. The number of fused-ring (bicyclic) bond motifs is 5. The van der Waals surface area contributed by atoms with Gasteiger partial charge in [0.15, 0.2) is 5.82 Å². The van der Waals surface area contributed by atoms with Crippen molar-refractivity contribution >= 4 is 21.5 Å². The first-order chi connectivity index (χ1) is 31.8. The highest BCUT2D eigenvalue weighted by molar-refractivity contribution is 6.08. The van der Waals surface area contributed by atoms with E-state index in [1.807, 2.05) is 48.5 Å². The molecule has 0 N–H and O–H groups in total. The molecule has 0 saturated heterocycles. The molecule has 0 spiro atoms. The van der Waals surface area contributed by atoms with E-state index < -0.39 is 95.7 Å². The van der Waals surface area contributed by atoms with Crippen LogP contribution in [-0.2, 0) is 5.41 Å². The molecule has 0 saturated carbocycles. The van der Waals surface area contributed by atoms with Crippen LogP contribution in [0.25, 0.3) is 88.8 Å². The molecule has 0 radical (unpaired) electrons. The number of rotatable bonds is 5. The number of hydrogen-bond donors (Lipinski definition) is 0. The van der Waals surface area contributed by atoms with Crippen molar-refractivity contribution in [3.63, 3.8) is 0 Å². The third-order valence-electron chi connectivity index (χ3n) is 10.1. The van der Waals surface area contributed by atoms with Crippen molar-refractivity contribution in [2.45, 2.75) is 19.3 Å². The summed E-state index contributed by atoms with van der Waals surface area (Å²) in [7, 11) is 0. The molecule has 1 aliphatic rings. The highest BCUT2D eigenvalue weighted by Crippen LogP contribution is 2.54. The van der Waals surface area contributed by atoms with Gasteiger partial charge in [0, 0.05) is 22.1 Å². The third kappa shape index (κ3) is 5.18. The molecule has 0 unspecified atom stereocenters. The van der Waals surface area contributed by atoms with Gasteiger partial charge in [-0.3, -0.25) is 0 Å². The van der Waals surface area contributed by atoms with Crippen molar-refractivity contribution < 1.29 is 19.2 Å². The van der Waals surface area contributed by atoms with Gasteiger partial charge in [0.2, 0.25) is 0 Å². The highest BCUT2D eigenvalue weighted by atomic mass is 14.9. The lowest BCUT2D eigenvalue weighted by atomic mass is 9.81. The highest BCUT2D eigenvalue weighted by Gasteiger charge is 2.37. The topological polar surface area (TPSA) is 25.8 Å². The lowest BCUT2D eigenvalue weighted by molar-refractivity contribution is 0.661. The van der Waals surface area contributed by atoms with Crippen LogP contribution in [0.3, 0.4) is 0 Å². The normalized spacial score (nSPS) is 16.6. The summed E-state index contributed by atoms with van der Waals surface area (Å²) in [5, 5.41) is 3.85. The van der Waals surface area contributed by atoms with Gasteiger partial charge in [0.05, 0.1) is 30.6 Å². The zero-order valence-corrected chi connectivity index (χ0v) is 28.6. The molecule has 9 aromatic rings. The maximum Gasteiger partial charge on any atom is 0.160 e. The first kappa shape index (κ1) is 19.8. The van der Waals surface area contributed by atoms with E-state index in [1.54, 1.807) is 0 Å². The Kier molecular flexibility index (Phi) is 4.58. The van der Waals surface area contributed by atoms with Crippen molar-refractivity contribution in [2.75, 3.05) is 0 Å². The maximum atomic E-state index is 9.26. The molecule has 53 heavy (non-hydrogen) atoms. The fraction of sp³-hybridized carbons (Fsp3) is 0.0588. The Morgan fingerprint density at radius 2 is 1.02 bits per heavy atom. The van der Waals surface area contributed by atoms with Crippen molar-refractivity contribution in [2.24, 2.45) is 0 Å². The molecule has 1 heterocycles. The van der Waals surface area contributed by atoms with Crippen LogP contribution in [0.2, 0.25) is 0 Å². The molecule has 250 valence electrons. The Bertz CT molecular complexity index is 3590. The molecule has 2 heteroatoms. The largest absolute Gasteiger partial charge is 0.228 e. The van der Waals surface area contributed by atoms with E-state index >= 15 is 0 Å². The van der Waals surface area contributed by atoms with Gasteiger partial charge >= 0.3 is 0 Å². The molecule has 2 nitrogen and oxygen atoms in total. The second-order valence-electron chi connectivity index (χ2n) is 13.5. The average molecular weight is 691 g/mol. The van der Waals surface area contributed by atoms with Gasteiger partial charge in [-0.1, -0.05) is 177 Å². The summed E-state index contributed by atoms with van der Waals surface area (Å²) in [5.74, 6) is -0.337. The van der Waals surface area contributed by atoms with E-state index in [9.17, 15) is 2.74 Å². The summed E-state index contributed by atoms with van der Waals surface area (Å²) < 4.78 is 121. The Labute approximate surface area is 329 Å². The quantitative estimate of drug-likeness (QED) is 0.180. The van der Waals surface area contributed by atoms with Crippen LogP contribution in [-0.4, -0.2) is 9.97 Å². The molecule has 8 aromatic carbocycles. The Morgan fingerprint density at radius 1 is 0.434 bits per heavy atom. The van der Waals surface area contributed by atoms with Crippen LogP contribution in [0.4, 0.5) is 0 Å². The molecule has 0 aliphatic heterocycles. The predicted molar refractivity (Wildman–Crippen MR) is 222 cm³/mol. The van der Waals surface area contributed by atoms with Gasteiger partial charge in [-0.25, -0.2) is 9.97 Å². The zero-order chi connectivity index (χ0) is 47.7. The van der Waals surface area contributed by atoms with Crippen molar-refractivity contribution in [1.29, 1.82) is 0 Å². The Morgan fingerprint density at radius 3 is 1.75 bits per heavy atom. The van der Waals surface area contributed by atoms with Gasteiger partial charge < -0.3 is 0 Å². The second kappa shape index (κ2) is 12.3. The summed E-state index contributed by atoms with van der Waals surface area (Å²) in [6, 6.07) is 22.8. The molecule has 0 bridgehead atoms. The average Bonchev–Trinajstić information content (AvgIpc) is 3.55. The number of hydrogen-bond acceptors (Lipinski definition) is 2. The van der Waals surface area contributed by atoms with E-state index in [1.165, 1.54) is 17.2 Å². The molecular weight excluding hydrogens is 641 g/mol. The lowest BCUT2D eigenvalue weighted by Crippen LogP contribution is -2.14. The molecular formula is C51H36N2. The first-order valence-corrected chi connectivity index (χ1v) is 17.2. The SMILES string of the molecule is [2H]c1c([2H])c([2H])c(-c2nc(-c3c([2H])c([2H])c(-c4c([2H])c([2H])c([2H])c([2H])c4[2H])c([2H])c3[2H])cc(-c3ccc(-c4cccc5c4-c4cc6ccccc6cc4C5(C)C)c4ccccc34)n2)c([2H])c1[2H]. The van der Waals surface area contributed by atoms with Crippen LogP contribution in [0, 0.1) is 0 Å². The van der Waals surface area contributed by atoms with Crippen LogP contribution in [0.5, 0.6) is 0 Å². The van der Waals surface area contributed by atoms with Gasteiger partial charge in [0.1, 0.15) is 0 Å². The number of aromatic nitrogens is 2. The van der Waals surface area contributed by atoms with Crippen molar-refractivity contribution in [3.8, 4) is 67.3 Å². The predicted octanol–water partition coefficient (Wildman–Crippen LogP) is 13.4. The van der Waals surface area contributed by atoms with Crippen molar-refractivity contribution in [1.82, 2.24) is 9.97 Å². The Balaban J connectivity index is 1.23. The van der Waals surface area contributed by atoms with E-state index in [0.29, 0.717) is 5.56 Å². The van der Waals surface area contributed by atoms with Crippen LogP contribution < -0.4 is 0 Å². The summed E-state index contributed by atoms with van der Waals surface area (Å²) >= 11 is 0. The van der Waals surface area contributed by atoms with Crippen LogP contribution >= 0.6 is 0 Å². The van der Waals surface area contributed by atoms with E-state index in [4.69, 9.17) is 21.4 Å². The maximum absolute atomic E-state index is 9.26. The van der Waals surface area contributed by atoms with Gasteiger partial charge in [-0.15, -0.1) is 0 Å². The van der Waals surface area contributed by atoms with Crippen molar-refractivity contribution in [3.05, 3.63) is 193 Å². The van der Waals surface area contributed by atoms with E-state index in [0.717, 1.165) is 43.8 Å². The first-order valence-electron chi connectivity index (χ1n) is 24.2. The minimum Gasteiger partial charge on any atom is -0.228 e. The smallest absolute Gasteiger partial charge is 0.160 e. The number of benzene rings is 8. The van der Waals surface area contributed by atoms with Gasteiger partial charge in [-0.2, -0.15) is 0 Å². The molecule has 0 amide bonds. The van der Waals surface area contributed by atoms with Crippen LogP contribution in [0.15, 0.2) is 182 Å². The fourth-order valence-corrected chi connectivity index (χ4v) is 7.58. The lowest BCUT2D eigenvalue weighted by Gasteiger charge is -2.22. The fourth-order valence-electron chi connectivity index (χ4n) is 7.58. The van der Waals surface area contributed by atoms with Gasteiger partial charge in [0.25, 0.3) is 0 Å². The monoisotopic (exact) mass is 690 g/mol. The van der Waals surface area contributed by atoms with Gasteiger partial charge in [-0.05, 0) is 84.3 Å². The summed E-state index contributed by atoms with van der Waals surface area (Å²) in [5.41, 5.74) is 5.11.